The molecule has 0 bridgehead atoms. The first-order valence-corrected chi connectivity index (χ1v) is 6.65. The fourth-order valence-electron chi connectivity index (χ4n) is 1.98. The number of nitrogens with zero attached hydrogens (tertiary/aromatic N) is 1. The number of pyridine rings is 1. The zero-order chi connectivity index (χ0) is 15.4. The molecule has 1 atom stereocenters. The second-order valence-electron chi connectivity index (χ2n) is 4.80. The number of amides is 1. The summed E-state index contributed by atoms with van der Waals surface area (Å²) >= 11 is 0. The maximum absolute atomic E-state index is 12.2. The highest BCUT2D eigenvalue weighted by Crippen LogP contribution is 2.16. The number of hydrogen-bond acceptors (Lipinski definition) is 3. The van der Waals surface area contributed by atoms with Crippen LogP contribution in [0.5, 0.6) is 5.75 Å². The van der Waals surface area contributed by atoms with E-state index in [4.69, 9.17) is 4.74 Å². The van der Waals surface area contributed by atoms with Crippen molar-refractivity contribution >= 4 is 11.6 Å². The quantitative estimate of drug-likeness (QED) is 0.938. The number of methoxy groups -OCH3 is 1. The first-order chi connectivity index (χ1) is 10.0. The summed E-state index contributed by atoms with van der Waals surface area (Å²) in [5.74, 6) is 0.476. The van der Waals surface area contributed by atoms with E-state index in [1.54, 1.807) is 63.6 Å². The molecule has 0 aliphatic carbocycles. The topological polar surface area (TPSA) is 60.3 Å². The fourth-order valence-corrected chi connectivity index (χ4v) is 1.98. The van der Waals surface area contributed by atoms with Crippen LogP contribution in [0.1, 0.15) is 18.5 Å². The summed E-state index contributed by atoms with van der Waals surface area (Å²) in [6.07, 6.45) is 1.62. The highest BCUT2D eigenvalue weighted by molar-refractivity contribution is 5.93. The van der Waals surface area contributed by atoms with Gasteiger partial charge in [-0.15, -0.1) is 0 Å². The van der Waals surface area contributed by atoms with Crippen LogP contribution >= 0.6 is 0 Å². The average molecular weight is 286 g/mol. The fraction of sp³-hybridized carbons (Fsp3) is 0.250. The number of anilines is 1. The standard InChI is InChI=1S/C16H18N2O3/c1-11-5-4-10-18(16(11)20)12(2)15(19)17-13-6-8-14(21-3)9-7-13/h4-10,12H,1-3H3,(H,17,19). The number of aryl methyl sites for hydroxylation is 1. The molecular formula is C16H18N2O3. The second kappa shape index (κ2) is 6.26. The number of ether oxygens (including phenoxy) is 1. The Labute approximate surface area is 123 Å². The molecule has 0 spiro atoms. The number of aromatic nitrogens is 1. The minimum absolute atomic E-state index is 0.158. The Kier molecular flexibility index (Phi) is 4.42. The average Bonchev–Trinajstić information content (AvgIpc) is 2.50. The van der Waals surface area contributed by atoms with Crippen molar-refractivity contribution in [1.29, 1.82) is 0 Å². The highest BCUT2D eigenvalue weighted by Gasteiger charge is 2.16. The Bertz CT molecular complexity index is 689. The van der Waals surface area contributed by atoms with Gasteiger partial charge in [-0.1, -0.05) is 6.07 Å². The van der Waals surface area contributed by atoms with Crippen LogP contribution in [0.3, 0.4) is 0 Å². The second-order valence-corrected chi connectivity index (χ2v) is 4.80. The summed E-state index contributed by atoms with van der Waals surface area (Å²) in [6, 6.07) is 9.93. The van der Waals surface area contributed by atoms with Crippen LogP contribution in [0.15, 0.2) is 47.4 Å². The van der Waals surface area contributed by atoms with E-state index in [1.807, 2.05) is 0 Å². The minimum Gasteiger partial charge on any atom is -0.497 e. The van der Waals surface area contributed by atoms with E-state index < -0.39 is 6.04 Å². The van der Waals surface area contributed by atoms with Crippen LogP contribution in [0.2, 0.25) is 0 Å². The largest absolute Gasteiger partial charge is 0.497 e. The van der Waals surface area contributed by atoms with Gasteiger partial charge in [-0.25, -0.2) is 0 Å². The van der Waals surface area contributed by atoms with Crippen LogP contribution in [0.4, 0.5) is 5.69 Å². The molecule has 1 N–H and O–H groups in total. The molecule has 2 aromatic rings. The van der Waals surface area contributed by atoms with Crippen molar-refractivity contribution in [2.24, 2.45) is 0 Å². The molecule has 1 heterocycles. The van der Waals surface area contributed by atoms with Gasteiger partial charge in [-0.3, -0.25) is 9.59 Å². The van der Waals surface area contributed by atoms with Crippen LogP contribution in [0, 0.1) is 6.92 Å². The molecule has 0 aliphatic rings. The van der Waals surface area contributed by atoms with Crippen LogP contribution < -0.4 is 15.6 Å². The van der Waals surface area contributed by atoms with Crippen LogP contribution in [-0.4, -0.2) is 17.6 Å². The van der Waals surface area contributed by atoms with Gasteiger partial charge < -0.3 is 14.6 Å². The monoisotopic (exact) mass is 286 g/mol. The number of benzene rings is 1. The van der Waals surface area contributed by atoms with E-state index in [-0.39, 0.29) is 11.5 Å². The molecule has 0 aliphatic heterocycles. The number of hydrogen-bond donors (Lipinski definition) is 1. The van der Waals surface area contributed by atoms with Crippen molar-refractivity contribution in [1.82, 2.24) is 4.57 Å². The van der Waals surface area contributed by atoms with Crippen molar-refractivity contribution < 1.29 is 9.53 Å². The minimum atomic E-state index is -0.584. The van der Waals surface area contributed by atoms with Gasteiger partial charge in [0.25, 0.3) is 5.56 Å². The number of rotatable bonds is 4. The zero-order valence-corrected chi connectivity index (χ0v) is 12.3. The first-order valence-electron chi connectivity index (χ1n) is 6.65. The zero-order valence-electron chi connectivity index (χ0n) is 12.3. The maximum Gasteiger partial charge on any atom is 0.254 e. The number of carbonyl (C=O) groups excluding carboxylic acids is 1. The molecule has 1 unspecified atom stereocenters. The van der Waals surface area contributed by atoms with Crippen molar-refractivity contribution in [2.45, 2.75) is 19.9 Å². The third-order valence-corrected chi connectivity index (χ3v) is 3.32. The molecule has 0 saturated carbocycles. The van der Waals surface area contributed by atoms with Gasteiger partial charge >= 0.3 is 0 Å². The van der Waals surface area contributed by atoms with Gasteiger partial charge in [-0.05, 0) is 44.2 Å². The van der Waals surface area contributed by atoms with E-state index in [2.05, 4.69) is 5.32 Å². The van der Waals surface area contributed by atoms with Gasteiger partial charge in [-0.2, -0.15) is 0 Å². The van der Waals surface area contributed by atoms with Crippen LogP contribution in [-0.2, 0) is 4.79 Å². The summed E-state index contributed by atoms with van der Waals surface area (Å²) in [4.78, 5) is 24.2. The molecule has 5 heteroatoms. The third kappa shape index (κ3) is 3.31. The normalized spacial score (nSPS) is 11.8. The molecule has 0 saturated heterocycles. The van der Waals surface area contributed by atoms with Gasteiger partial charge in [0.2, 0.25) is 5.91 Å². The maximum atomic E-state index is 12.2. The lowest BCUT2D eigenvalue weighted by atomic mass is 10.2. The summed E-state index contributed by atoms with van der Waals surface area (Å²) in [7, 11) is 1.58. The summed E-state index contributed by atoms with van der Waals surface area (Å²) < 4.78 is 6.49. The van der Waals surface area contributed by atoms with E-state index in [1.165, 1.54) is 4.57 Å². The first kappa shape index (κ1) is 14.8. The van der Waals surface area contributed by atoms with E-state index >= 15 is 0 Å². The molecular weight excluding hydrogens is 268 g/mol. The predicted molar refractivity (Wildman–Crippen MR) is 81.8 cm³/mol. The number of carbonyl (C=O) groups is 1. The van der Waals surface area contributed by atoms with E-state index in [9.17, 15) is 9.59 Å². The lowest BCUT2D eigenvalue weighted by Crippen LogP contribution is -2.32. The van der Waals surface area contributed by atoms with Crippen molar-refractivity contribution in [3.8, 4) is 5.75 Å². The molecule has 2 rings (SSSR count). The van der Waals surface area contributed by atoms with Crippen molar-refractivity contribution in [2.75, 3.05) is 12.4 Å². The Balaban J connectivity index is 2.15. The van der Waals surface area contributed by atoms with E-state index in [0.717, 1.165) is 5.75 Å². The molecule has 5 nitrogen and oxygen atoms in total. The van der Waals surface area contributed by atoms with Gasteiger partial charge in [0.15, 0.2) is 0 Å². The van der Waals surface area contributed by atoms with Crippen molar-refractivity contribution in [3.05, 3.63) is 58.5 Å². The van der Waals surface area contributed by atoms with Gasteiger partial charge in [0.05, 0.1) is 7.11 Å². The molecule has 21 heavy (non-hydrogen) atoms. The molecule has 0 radical (unpaired) electrons. The SMILES string of the molecule is COc1ccc(NC(=O)C(C)n2cccc(C)c2=O)cc1. The van der Waals surface area contributed by atoms with Crippen molar-refractivity contribution in [3.63, 3.8) is 0 Å². The molecule has 0 fully saturated rings. The Morgan fingerprint density at radius 2 is 1.90 bits per heavy atom. The van der Waals surface area contributed by atoms with E-state index in [0.29, 0.717) is 11.3 Å². The summed E-state index contributed by atoms with van der Waals surface area (Å²) in [5, 5.41) is 2.78. The smallest absolute Gasteiger partial charge is 0.254 e. The summed E-state index contributed by atoms with van der Waals surface area (Å²) in [6.45, 7) is 3.42. The Morgan fingerprint density at radius 3 is 2.52 bits per heavy atom. The lowest BCUT2D eigenvalue weighted by molar-refractivity contribution is -0.118. The van der Waals surface area contributed by atoms with Crippen LogP contribution in [0.25, 0.3) is 0 Å². The lowest BCUT2D eigenvalue weighted by Gasteiger charge is -2.15. The summed E-state index contributed by atoms with van der Waals surface area (Å²) in [5.41, 5.74) is 1.12. The molecule has 1 amide bonds. The number of nitrogens with one attached hydrogen (secondary N) is 1. The Hall–Kier alpha value is -2.56. The highest BCUT2D eigenvalue weighted by atomic mass is 16.5. The third-order valence-electron chi connectivity index (χ3n) is 3.32. The van der Waals surface area contributed by atoms with Gasteiger partial charge in [0, 0.05) is 17.4 Å². The molecule has 110 valence electrons. The molecule has 1 aromatic carbocycles. The predicted octanol–water partition coefficient (Wildman–Crippen LogP) is 2.37. The Morgan fingerprint density at radius 1 is 1.24 bits per heavy atom. The van der Waals surface area contributed by atoms with Gasteiger partial charge in [0.1, 0.15) is 11.8 Å². The molecule has 1 aromatic heterocycles.